The second kappa shape index (κ2) is 9.75. The summed E-state index contributed by atoms with van der Waals surface area (Å²) < 4.78 is 96.0. The molecule has 5 nitrogen and oxygen atoms in total. The standard InChI is InChI=1S/C39H23N3O2/c1-3-10-24(11-4-1)37-40-38(25-12-5-2-6-13-25)42-39(41-37)27-19-21-35-32(23-27)31-22-26(18-20-34(31)43-35)28-15-9-16-30-29-14-7-8-17-33(29)44-36(28)30/h1-23H/i1D,2D,3D,4D,5D,6D,10D,11D,12D,13D. The molecular weight excluding hydrogens is 542 g/mol. The number of nitrogens with zero attached hydrogens (tertiary/aromatic N) is 3. The van der Waals surface area contributed by atoms with E-state index in [-0.39, 0.29) is 28.6 Å². The minimum Gasteiger partial charge on any atom is -0.456 e. The Morgan fingerprint density at radius 3 is 1.66 bits per heavy atom. The fourth-order valence-corrected chi connectivity index (χ4v) is 5.51. The Balaban J connectivity index is 1.27. The van der Waals surface area contributed by atoms with Crippen LogP contribution >= 0.6 is 0 Å². The Bertz CT molecular complexity index is 2940. The van der Waals surface area contributed by atoms with Gasteiger partial charge in [-0.05, 0) is 42.0 Å². The van der Waals surface area contributed by atoms with Gasteiger partial charge in [-0.1, -0.05) is 103 Å². The molecule has 44 heavy (non-hydrogen) atoms. The molecule has 0 bridgehead atoms. The molecule has 0 N–H and O–H groups in total. The molecular formula is C39H23N3O2. The molecule has 0 amide bonds. The quantitative estimate of drug-likeness (QED) is 0.209. The summed E-state index contributed by atoms with van der Waals surface area (Å²) >= 11 is 0. The fourth-order valence-electron chi connectivity index (χ4n) is 5.51. The SMILES string of the molecule is [2H]c1c([2H])c([2H])c(-c2nc(-c3ccc4oc5ccc(-c6cccc7c6oc6ccccc67)cc5c4c3)nc(-c3c([2H])c([2H])c([2H])c([2H])c3[2H])n2)c([2H])c1[2H]. The molecule has 9 aromatic rings. The van der Waals surface area contributed by atoms with Crippen LogP contribution in [0.25, 0.3) is 89.2 Å². The van der Waals surface area contributed by atoms with Crippen LogP contribution in [-0.4, -0.2) is 15.0 Å². The minimum atomic E-state index is -0.613. The van der Waals surface area contributed by atoms with E-state index in [0.717, 1.165) is 38.5 Å². The number of rotatable bonds is 4. The lowest BCUT2D eigenvalue weighted by atomic mass is 10.00. The van der Waals surface area contributed by atoms with Crippen molar-refractivity contribution in [2.24, 2.45) is 0 Å². The van der Waals surface area contributed by atoms with E-state index in [1.807, 2.05) is 60.7 Å². The van der Waals surface area contributed by atoms with Gasteiger partial charge in [0.2, 0.25) is 0 Å². The summed E-state index contributed by atoms with van der Waals surface area (Å²) in [6, 6.07) is 18.9. The van der Waals surface area contributed by atoms with Crippen molar-refractivity contribution in [2.45, 2.75) is 0 Å². The second-order valence-electron chi connectivity index (χ2n) is 10.1. The Morgan fingerprint density at radius 1 is 0.432 bits per heavy atom. The van der Waals surface area contributed by atoms with E-state index in [9.17, 15) is 0 Å². The summed E-state index contributed by atoms with van der Waals surface area (Å²) in [5.74, 6) is -0.706. The first-order valence-corrected chi connectivity index (χ1v) is 13.7. The third-order valence-electron chi connectivity index (χ3n) is 7.53. The van der Waals surface area contributed by atoms with Crippen molar-refractivity contribution in [1.29, 1.82) is 0 Å². The van der Waals surface area contributed by atoms with E-state index in [0.29, 0.717) is 22.1 Å². The van der Waals surface area contributed by atoms with Crippen LogP contribution in [-0.2, 0) is 0 Å². The second-order valence-corrected chi connectivity index (χ2v) is 10.1. The molecule has 0 unspecified atom stereocenters. The molecule has 0 saturated heterocycles. The van der Waals surface area contributed by atoms with Crippen LogP contribution < -0.4 is 0 Å². The lowest BCUT2D eigenvalue weighted by Gasteiger charge is -2.08. The van der Waals surface area contributed by atoms with Crippen molar-refractivity contribution in [1.82, 2.24) is 15.0 Å². The average Bonchev–Trinajstić information content (AvgIpc) is 3.75. The van der Waals surface area contributed by atoms with Crippen LogP contribution in [0.15, 0.2) is 148 Å². The van der Waals surface area contributed by atoms with Crippen LogP contribution in [0.2, 0.25) is 0 Å². The number of benzene rings is 6. The van der Waals surface area contributed by atoms with Gasteiger partial charge in [-0.2, -0.15) is 0 Å². The summed E-state index contributed by atoms with van der Waals surface area (Å²) in [6.45, 7) is 0. The molecule has 3 heterocycles. The highest BCUT2D eigenvalue weighted by Gasteiger charge is 2.17. The third-order valence-corrected chi connectivity index (χ3v) is 7.53. The molecule has 0 atom stereocenters. The Morgan fingerprint density at radius 2 is 0.977 bits per heavy atom. The molecule has 0 radical (unpaired) electrons. The molecule has 0 aliphatic carbocycles. The van der Waals surface area contributed by atoms with Crippen molar-refractivity contribution < 1.29 is 22.5 Å². The molecule has 206 valence electrons. The number of hydrogen-bond donors (Lipinski definition) is 0. The van der Waals surface area contributed by atoms with Crippen LogP contribution in [0.1, 0.15) is 13.7 Å². The first-order chi connectivity index (χ1) is 25.9. The number of furan rings is 2. The van der Waals surface area contributed by atoms with Crippen molar-refractivity contribution in [2.75, 3.05) is 0 Å². The maximum Gasteiger partial charge on any atom is 0.164 e. The van der Waals surface area contributed by atoms with Gasteiger partial charge in [0.1, 0.15) is 22.3 Å². The highest BCUT2D eigenvalue weighted by Crippen LogP contribution is 2.39. The molecule has 6 aromatic carbocycles. The van der Waals surface area contributed by atoms with E-state index in [1.165, 1.54) is 0 Å². The fraction of sp³-hybridized carbons (Fsp3) is 0. The van der Waals surface area contributed by atoms with Crippen LogP contribution in [0.5, 0.6) is 0 Å². The molecule has 0 saturated carbocycles. The summed E-state index contributed by atoms with van der Waals surface area (Å²) in [5.41, 5.74) is 4.19. The monoisotopic (exact) mass is 575 g/mol. The first kappa shape index (κ1) is 16.5. The molecule has 0 aliphatic heterocycles. The first-order valence-electron chi connectivity index (χ1n) is 18.7. The Hall–Kier alpha value is -6.07. The molecule has 5 heteroatoms. The normalized spacial score (nSPS) is 14.8. The van der Waals surface area contributed by atoms with E-state index in [1.54, 1.807) is 18.2 Å². The van der Waals surface area contributed by atoms with Gasteiger partial charge >= 0.3 is 0 Å². The number of para-hydroxylation sites is 2. The highest BCUT2D eigenvalue weighted by atomic mass is 16.3. The van der Waals surface area contributed by atoms with Crippen molar-refractivity contribution in [3.8, 4) is 45.3 Å². The lowest BCUT2D eigenvalue weighted by Crippen LogP contribution is -2.00. The summed E-state index contributed by atoms with van der Waals surface area (Å²) in [6.07, 6.45) is 0. The zero-order chi connectivity index (χ0) is 37.7. The Kier molecular flexibility index (Phi) is 3.66. The van der Waals surface area contributed by atoms with Gasteiger partial charge in [0.25, 0.3) is 0 Å². The molecule has 9 rings (SSSR count). The maximum absolute atomic E-state index is 8.60. The van der Waals surface area contributed by atoms with Gasteiger partial charge in [0.15, 0.2) is 17.5 Å². The van der Waals surface area contributed by atoms with Gasteiger partial charge in [-0.3, -0.25) is 0 Å². The van der Waals surface area contributed by atoms with Gasteiger partial charge < -0.3 is 8.83 Å². The summed E-state index contributed by atoms with van der Waals surface area (Å²) in [5, 5.41) is 3.46. The topological polar surface area (TPSA) is 65.0 Å². The third kappa shape index (κ3) is 3.98. The van der Waals surface area contributed by atoms with E-state index in [2.05, 4.69) is 15.0 Å². The maximum atomic E-state index is 8.60. The van der Waals surface area contributed by atoms with Gasteiger partial charge in [0.05, 0.1) is 13.7 Å². The molecule has 0 aliphatic rings. The minimum absolute atomic E-state index is 0.0342. The van der Waals surface area contributed by atoms with Crippen molar-refractivity contribution >= 4 is 43.9 Å². The van der Waals surface area contributed by atoms with Crippen molar-refractivity contribution in [3.63, 3.8) is 0 Å². The smallest absolute Gasteiger partial charge is 0.164 e. The highest BCUT2D eigenvalue weighted by molar-refractivity contribution is 6.11. The zero-order valence-corrected chi connectivity index (χ0v) is 22.7. The number of hydrogen-bond acceptors (Lipinski definition) is 5. The molecule has 0 spiro atoms. The number of fused-ring (bicyclic) bond motifs is 6. The van der Waals surface area contributed by atoms with Gasteiger partial charge in [-0.15, -0.1) is 0 Å². The zero-order valence-electron chi connectivity index (χ0n) is 32.7. The predicted molar refractivity (Wildman–Crippen MR) is 176 cm³/mol. The summed E-state index contributed by atoms with van der Waals surface area (Å²) in [4.78, 5) is 13.5. The van der Waals surface area contributed by atoms with E-state index in [4.69, 9.17) is 22.5 Å². The van der Waals surface area contributed by atoms with Crippen LogP contribution in [0.3, 0.4) is 0 Å². The molecule has 3 aromatic heterocycles. The lowest BCUT2D eigenvalue weighted by molar-refractivity contribution is 0.668. The van der Waals surface area contributed by atoms with Gasteiger partial charge in [0, 0.05) is 43.8 Å². The predicted octanol–water partition coefficient (Wildman–Crippen LogP) is 10.3. The Labute approximate surface area is 266 Å². The summed E-state index contributed by atoms with van der Waals surface area (Å²) in [7, 11) is 0. The van der Waals surface area contributed by atoms with E-state index >= 15 is 0 Å². The number of aromatic nitrogens is 3. The van der Waals surface area contributed by atoms with Gasteiger partial charge in [-0.25, -0.2) is 15.0 Å². The van der Waals surface area contributed by atoms with E-state index < -0.39 is 60.4 Å². The van der Waals surface area contributed by atoms with Crippen LogP contribution in [0, 0.1) is 0 Å². The average molecular weight is 576 g/mol. The van der Waals surface area contributed by atoms with Crippen LogP contribution in [0.4, 0.5) is 0 Å². The largest absolute Gasteiger partial charge is 0.456 e. The van der Waals surface area contributed by atoms with Crippen molar-refractivity contribution in [3.05, 3.63) is 139 Å². The molecule has 0 fully saturated rings.